The summed E-state index contributed by atoms with van der Waals surface area (Å²) >= 11 is 7.65. The van der Waals surface area contributed by atoms with Gasteiger partial charge in [-0.25, -0.2) is 4.98 Å². The molecule has 10 heteroatoms. The summed E-state index contributed by atoms with van der Waals surface area (Å²) in [5.74, 6) is -1.08. The maximum atomic E-state index is 12.4. The van der Waals surface area contributed by atoms with Gasteiger partial charge in [-0.15, -0.1) is 11.3 Å². The van der Waals surface area contributed by atoms with Crippen LogP contribution in [0.25, 0.3) is 43.2 Å². The van der Waals surface area contributed by atoms with Crippen LogP contribution in [0.1, 0.15) is 42.3 Å². The van der Waals surface area contributed by atoms with Crippen LogP contribution in [0.3, 0.4) is 0 Å². The van der Waals surface area contributed by atoms with Gasteiger partial charge in [-0.1, -0.05) is 29.8 Å². The van der Waals surface area contributed by atoms with Gasteiger partial charge in [-0.05, 0) is 86.8 Å². The number of carbonyl (C=O) groups is 2. The molecular weight excluding hydrogens is 596 g/mol. The van der Waals surface area contributed by atoms with E-state index in [1.165, 1.54) is 11.3 Å². The van der Waals surface area contributed by atoms with Crippen molar-refractivity contribution in [3.63, 3.8) is 0 Å². The third-order valence-electron chi connectivity index (χ3n) is 6.54. The summed E-state index contributed by atoms with van der Waals surface area (Å²) in [4.78, 5) is 33.7. The Hall–Kier alpha value is -4.31. The molecule has 0 saturated heterocycles. The Morgan fingerprint density at radius 2 is 1.61 bits per heavy atom. The molecule has 44 heavy (non-hydrogen) atoms. The Morgan fingerprint density at radius 1 is 0.955 bits per heavy atom. The third kappa shape index (κ3) is 7.79. The number of nitrogens with one attached hydrogen (secondary N) is 2. The molecule has 0 aliphatic carbocycles. The largest absolute Gasteiger partial charge is 0.481 e. The van der Waals surface area contributed by atoms with Crippen LogP contribution in [-0.4, -0.2) is 51.8 Å². The second-order valence-corrected chi connectivity index (χ2v) is 12.6. The quantitative estimate of drug-likeness (QED) is 0.147. The first-order chi connectivity index (χ1) is 20.8. The van der Waals surface area contributed by atoms with Crippen molar-refractivity contribution >= 4 is 50.7 Å². The third-order valence-corrected chi connectivity index (χ3v) is 7.93. The summed E-state index contributed by atoms with van der Waals surface area (Å²) in [6, 6.07) is 18.8. The fourth-order valence-electron chi connectivity index (χ4n) is 4.63. The minimum Gasteiger partial charge on any atom is -0.481 e. The first-order valence-electron chi connectivity index (χ1n) is 13.9. The molecular formula is C34H35ClN4O4S. The molecule has 0 bridgehead atoms. The van der Waals surface area contributed by atoms with E-state index >= 15 is 0 Å². The number of aryl methyl sites for hydroxylation is 1. The Balaban J connectivity index is 0.000000818. The van der Waals surface area contributed by atoms with E-state index < -0.39 is 11.6 Å². The molecule has 0 unspecified atom stereocenters. The molecule has 0 aliphatic rings. The summed E-state index contributed by atoms with van der Waals surface area (Å²) in [5, 5.41) is 25.3. The van der Waals surface area contributed by atoms with Crippen LogP contribution in [0.15, 0.2) is 66.9 Å². The zero-order valence-electron chi connectivity index (χ0n) is 25.4. The zero-order valence-corrected chi connectivity index (χ0v) is 27.0. The van der Waals surface area contributed by atoms with E-state index in [1.54, 1.807) is 53.2 Å². The zero-order chi connectivity index (χ0) is 32.2. The molecule has 4 N–H and O–H groups in total. The van der Waals surface area contributed by atoms with E-state index in [4.69, 9.17) is 21.7 Å². The van der Waals surface area contributed by atoms with E-state index in [-0.39, 0.29) is 12.3 Å². The maximum Gasteiger partial charge on any atom is 0.307 e. The molecule has 228 valence electrons. The summed E-state index contributed by atoms with van der Waals surface area (Å²) in [7, 11) is 3.37. The van der Waals surface area contributed by atoms with Crippen molar-refractivity contribution in [2.75, 3.05) is 19.4 Å². The second-order valence-electron chi connectivity index (χ2n) is 11.2. The number of pyridine rings is 1. The Kier molecular flexibility index (Phi) is 10.0. The lowest BCUT2D eigenvalue weighted by Crippen LogP contribution is -2.19. The van der Waals surface area contributed by atoms with Gasteiger partial charge in [0.2, 0.25) is 0 Å². The number of amides is 1. The van der Waals surface area contributed by atoms with Crippen molar-refractivity contribution in [2.24, 2.45) is 0 Å². The lowest BCUT2D eigenvalue weighted by atomic mass is 9.93. The van der Waals surface area contributed by atoms with Crippen LogP contribution in [0.2, 0.25) is 5.02 Å². The molecule has 3 aromatic carbocycles. The molecule has 0 aliphatic heterocycles. The van der Waals surface area contributed by atoms with Crippen molar-refractivity contribution in [1.82, 2.24) is 15.3 Å². The topological polar surface area (TPSA) is 124 Å². The van der Waals surface area contributed by atoms with Crippen molar-refractivity contribution < 1.29 is 19.8 Å². The minimum atomic E-state index is -0.892. The molecule has 5 aromatic rings. The molecule has 5 rings (SSSR count). The van der Waals surface area contributed by atoms with Gasteiger partial charge >= 0.3 is 5.97 Å². The number of nitrogens with zero attached hydrogens (tertiary/aromatic N) is 2. The summed E-state index contributed by atoms with van der Waals surface area (Å²) in [5.41, 5.74) is 7.31. The molecule has 8 nitrogen and oxygen atoms in total. The Morgan fingerprint density at radius 3 is 2.23 bits per heavy atom. The van der Waals surface area contributed by atoms with Gasteiger partial charge in [0.05, 0.1) is 33.5 Å². The first-order valence-corrected chi connectivity index (χ1v) is 15.1. The number of benzene rings is 3. The van der Waals surface area contributed by atoms with Gasteiger partial charge in [-0.3, -0.25) is 14.6 Å². The van der Waals surface area contributed by atoms with Crippen LogP contribution in [0, 0.1) is 6.92 Å². The highest BCUT2D eigenvalue weighted by atomic mass is 35.5. The fourth-order valence-corrected chi connectivity index (χ4v) is 5.89. The number of aliphatic carboxylic acids is 1. The normalized spacial score (nSPS) is 11.1. The van der Waals surface area contributed by atoms with E-state index in [2.05, 4.69) is 15.6 Å². The molecule has 2 heterocycles. The number of thiazole rings is 1. The highest BCUT2D eigenvalue weighted by molar-refractivity contribution is 7.22. The highest BCUT2D eigenvalue weighted by Crippen LogP contribution is 2.41. The number of aliphatic hydroxyl groups is 1. The van der Waals surface area contributed by atoms with Crippen LogP contribution in [-0.2, 0) is 11.2 Å². The number of carbonyl (C=O) groups excluding carboxylic acids is 1. The first kappa shape index (κ1) is 32.6. The molecule has 0 atom stereocenters. The number of aromatic nitrogens is 2. The lowest BCUT2D eigenvalue weighted by Gasteiger charge is -2.13. The number of carboxylic acid groups (broad SMARTS) is 1. The van der Waals surface area contributed by atoms with E-state index in [9.17, 15) is 14.7 Å². The van der Waals surface area contributed by atoms with Crippen LogP contribution < -0.4 is 10.6 Å². The number of fused-ring (bicyclic) bond motifs is 1. The minimum absolute atomic E-state index is 0.0946. The standard InChI is InChI=1S/C30H25ClN4O3S.C4H10O/c1-16-12-25-28(27(21(16)15-26(36)37)17-4-7-20(31)8-5-17)39-30(35-25)19-10-11-34-24(14-19)18-6-9-23(32-2)22(13-18)29(38)33-3;1-4(2,3)5/h4-14,32H,15H2,1-3H3,(H,33,38)(H,36,37);5H,1-3H3. The number of rotatable bonds is 7. The van der Waals surface area contributed by atoms with Gasteiger partial charge < -0.3 is 20.8 Å². The number of anilines is 1. The van der Waals surface area contributed by atoms with Gasteiger partial charge in [-0.2, -0.15) is 0 Å². The molecule has 0 fully saturated rings. The van der Waals surface area contributed by atoms with Crippen LogP contribution in [0.4, 0.5) is 5.69 Å². The average molecular weight is 631 g/mol. The van der Waals surface area contributed by atoms with Crippen molar-refractivity contribution in [2.45, 2.75) is 39.7 Å². The molecule has 0 saturated carbocycles. The van der Waals surface area contributed by atoms with Crippen molar-refractivity contribution in [3.05, 3.63) is 88.6 Å². The van der Waals surface area contributed by atoms with Gasteiger partial charge in [0.15, 0.2) is 0 Å². The smallest absolute Gasteiger partial charge is 0.307 e. The van der Waals surface area contributed by atoms with Crippen molar-refractivity contribution in [3.8, 4) is 33.0 Å². The van der Waals surface area contributed by atoms with Crippen LogP contribution >= 0.6 is 22.9 Å². The molecule has 2 aromatic heterocycles. The summed E-state index contributed by atoms with van der Waals surface area (Å²) in [6.07, 6.45) is 1.63. The van der Waals surface area contributed by atoms with Gasteiger partial charge in [0, 0.05) is 47.7 Å². The number of hydrogen-bond acceptors (Lipinski definition) is 7. The number of carboxylic acids is 1. The number of hydrogen-bond donors (Lipinski definition) is 4. The van der Waals surface area contributed by atoms with Crippen LogP contribution in [0.5, 0.6) is 0 Å². The monoisotopic (exact) mass is 630 g/mol. The average Bonchev–Trinajstić information content (AvgIpc) is 3.40. The Labute approximate surface area is 265 Å². The van der Waals surface area contributed by atoms with E-state index in [0.717, 1.165) is 54.3 Å². The molecule has 1 amide bonds. The van der Waals surface area contributed by atoms with E-state index in [1.807, 2.05) is 55.5 Å². The fraction of sp³-hybridized carbons (Fsp3) is 0.235. The lowest BCUT2D eigenvalue weighted by molar-refractivity contribution is -0.136. The Bertz CT molecular complexity index is 1820. The molecule has 0 radical (unpaired) electrons. The predicted molar refractivity (Wildman–Crippen MR) is 180 cm³/mol. The second kappa shape index (κ2) is 13.5. The summed E-state index contributed by atoms with van der Waals surface area (Å²) < 4.78 is 0.910. The van der Waals surface area contributed by atoms with Gasteiger partial charge in [0.25, 0.3) is 5.91 Å². The maximum absolute atomic E-state index is 12.4. The SMILES string of the molecule is CC(C)(C)O.CNC(=O)c1cc(-c2cc(-c3nc4cc(C)c(CC(=O)O)c(-c5ccc(Cl)cc5)c4s3)ccn2)ccc1NC. The highest BCUT2D eigenvalue weighted by Gasteiger charge is 2.20. The number of halogens is 1. The van der Waals surface area contributed by atoms with Crippen molar-refractivity contribution in [1.29, 1.82) is 0 Å². The van der Waals surface area contributed by atoms with Gasteiger partial charge in [0.1, 0.15) is 5.01 Å². The van der Waals surface area contributed by atoms with E-state index in [0.29, 0.717) is 16.3 Å². The predicted octanol–water partition coefficient (Wildman–Crippen LogP) is 7.46. The molecule has 0 spiro atoms. The summed E-state index contributed by atoms with van der Waals surface area (Å²) in [6.45, 7) is 7.15.